The third kappa shape index (κ3) is 8.19. The second-order valence-corrected chi connectivity index (χ2v) is 10.9. The maximum atomic E-state index is 12.6. The summed E-state index contributed by atoms with van der Waals surface area (Å²) in [5, 5.41) is 16.6. The van der Waals surface area contributed by atoms with Crippen molar-refractivity contribution < 1.29 is 9.90 Å². The number of carbonyl (C=O) groups excluding carboxylic acids is 1. The predicted molar refractivity (Wildman–Crippen MR) is 144 cm³/mol. The number of thiazole rings is 1. The van der Waals surface area contributed by atoms with E-state index in [-0.39, 0.29) is 22.1 Å². The van der Waals surface area contributed by atoms with Crippen LogP contribution in [0.25, 0.3) is 10.2 Å². The molecule has 0 unspecified atom stereocenters. The minimum Gasteiger partial charge on any atom is -0.506 e. The van der Waals surface area contributed by atoms with Crippen molar-refractivity contribution in [2.75, 3.05) is 26.2 Å². The van der Waals surface area contributed by atoms with Gasteiger partial charge in [-0.05, 0) is 64.3 Å². The maximum Gasteiger partial charge on any atom is 0.305 e. The monoisotopic (exact) mass is 498 g/mol. The van der Waals surface area contributed by atoms with Crippen LogP contribution < -0.4 is 15.5 Å². The molecule has 190 valence electrons. The average molecular weight is 499 g/mol. The highest BCUT2D eigenvalue weighted by atomic mass is 32.1. The van der Waals surface area contributed by atoms with Crippen molar-refractivity contribution >= 4 is 27.5 Å². The van der Waals surface area contributed by atoms with Gasteiger partial charge in [0.25, 0.3) is 0 Å². The Hall–Kier alpha value is -2.68. The third-order valence-corrected chi connectivity index (χ3v) is 7.07. The smallest absolute Gasteiger partial charge is 0.305 e. The number of carbonyl (C=O) groups is 1. The molecule has 0 spiro atoms. The quantitative estimate of drug-likeness (QED) is 0.270. The molecule has 0 saturated carbocycles. The summed E-state index contributed by atoms with van der Waals surface area (Å²) >= 11 is 1.13. The van der Waals surface area contributed by atoms with Gasteiger partial charge in [0.1, 0.15) is 11.3 Å². The van der Waals surface area contributed by atoms with Crippen LogP contribution in [0, 0.1) is 0 Å². The van der Waals surface area contributed by atoms with E-state index in [0.29, 0.717) is 24.5 Å². The van der Waals surface area contributed by atoms with Crippen LogP contribution in [0.1, 0.15) is 45.2 Å². The fourth-order valence-electron chi connectivity index (χ4n) is 4.30. The first-order valence-corrected chi connectivity index (χ1v) is 13.1. The number of phenolic OH excluding ortho intramolecular Hbond substituents is 1. The van der Waals surface area contributed by atoms with Gasteiger partial charge < -0.3 is 20.7 Å². The largest absolute Gasteiger partial charge is 0.506 e. The molecule has 0 atom stereocenters. The van der Waals surface area contributed by atoms with Crippen molar-refractivity contribution in [3.63, 3.8) is 0 Å². The molecule has 0 fully saturated rings. The Kier molecular flexibility index (Phi) is 9.48. The van der Waals surface area contributed by atoms with E-state index in [0.717, 1.165) is 54.1 Å². The Morgan fingerprint density at radius 2 is 1.86 bits per heavy atom. The minimum absolute atomic E-state index is 0.0754. The first-order valence-electron chi connectivity index (χ1n) is 12.3. The zero-order chi connectivity index (χ0) is 25.4. The molecule has 0 aliphatic heterocycles. The van der Waals surface area contributed by atoms with Gasteiger partial charge >= 0.3 is 4.87 Å². The highest BCUT2D eigenvalue weighted by Crippen LogP contribution is 2.27. The van der Waals surface area contributed by atoms with E-state index in [1.165, 1.54) is 5.56 Å². The number of benzene rings is 2. The van der Waals surface area contributed by atoms with Crippen LogP contribution in [-0.4, -0.2) is 58.7 Å². The molecule has 7 nitrogen and oxygen atoms in total. The summed E-state index contributed by atoms with van der Waals surface area (Å²) in [6.45, 7) is 11.6. The van der Waals surface area contributed by atoms with E-state index in [4.69, 9.17) is 0 Å². The summed E-state index contributed by atoms with van der Waals surface area (Å²) in [5.74, 6) is 0.182. The Morgan fingerprint density at radius 3 is 2.57 bits per heavy atom. The number of aromatic hydroxyl groups is 1. The first kappa shape index (κ1) is 26.9. The Morgan fingerprint density at radius 1 is 1.11 bits per heavy atom. The molecule has 3 aromatic rings. The molecule has 1 amide bonds. The third-order valence-electron chi connectivity index (χ3n) is 6.11. The van der Waals surface area contributed by atoms with Gasteiger partial charge in [0.2, 0.25) is 5.91 Å². The predicted octanol–water partition coefficient (Wildman–Crippen LogP) is 3.67. The summed E-state index contributed by atoms with van der Waals surface area (Å²) in [7, 11) is 0. The lowest BCUT2D eigenvalue weighted by molar-refractivity contribution is -0.123. The van der Waals surface area contributed by atoms with Crippen LogP contribution in [0.15, 0.2) is 47.3 Å². The summed E-state index contributed by atoms with van der Waals surface area (Å²) < 4.78 is 0.821. The first-order chi connectivity index (χ1) is 16.6. The summed E-state index contributed by atoms with van der Waals surface area (Å²) in [4.78, 5) is 29.2. The van der Waals surface area contributed by atoms with Crippen molar-refractivity contribution in [3.8, 4) is 5.75 Å². The molecule has 0 aliphatic carbocycles. The van der Waals surface area contributed by atoms with Crippen molar-refractivity contribution in [2.24, 2.45) is 0 Å². The van der Waals surface area contributed by atoms with Crippen molar-refractivity contribution in [1.82, 2.24) is 20.5 Å². The molecule has 0 saturated heterocycles. The average Bonchev–Trinajstić information content (AvgIpc) is 3.19. The van der Waals surface area contributed by atoms with Gasteiger partial charge in [-0.1, -0.05) is 47.7 Å². The van der Waals surface area contributed by atoms with Gasteiger partial charge in [-0.2, -0.15) is 0 Å². The van der Waals surface area contributed by atoms with E-state index >= 15 is 0 Å². The molecule has 35 heavy (non-hydrogen) atoms. The molecule has 0 radical (unpaired) electrons. The Balaban J connectivity index is 1.40. The highest BCUT2D eigenvalue weighted by molar-refractivity contribution is 7.16. The molecule has 1 aromatic heterocycles. The number of hydrogen-bond donors (Lipinski definition) is 4. The van der Waals surface area contributed by atoms with Crippen LogP contribution in [0.2, 0.25) is 0 Å². The Labute approximate surface area is 211 Å². The van der Waals surface area contributed by atoms with Gasteiger partial charge in [0.15, 0.2) is 0 Å². The molecule has 0 bridgehead atoms. The number of aromatic nitrogens is 1. The van der Waals surface area contributed by atoms with E-state index < -0.39 is 0 Å². The maximum absolute atomic E-state index is 12.6. The van der Waals surface area contributed by atoms with Crippen LogP contribution in [-0.2, 0) is 17.6 Å². The van der Waals surface area contributed by atoms with E-state index in [9.17, 15) is 14.7 Å². The number of nitrogens with one attached hydrogen (secondary N) is 3. The second-order valence-electron chi connectivity index (χ2n) is 9.94. The number of aromatic amines is 1. The SMILES string of the molecule is CC(C)N(CCNCCc1ccc(O)c2[nH]c(=O)sc12)CCC(=O)NC(C)(C)Cc1ccccc1. The molecular formula is C27H38N4O3S. The molecule has 3 rings (SSSR count). The number of hydrogen-bond acceptors (Lipinski definition) is 6. The van der Waals surface area contributed by atoms with Gasteiger partial charge in [0, 0.05) is 37.6 Å². The lowest BCUT2D eigenvalue weighted by Gasteiger charge is -2.29. The minimum atomic E-state index is -0.296. The fourth-order valence-corrected chi connectivity index (χ4v) is 5.20. The van der Waals surface area contributed by atoms with Crippen molar-refractivity contribution in [2.45, 2.75) is 58.5 Å². The number of phenols is 1. The number of nitrogens with zero attached hydrogens (tertiary/aromatic N) is 1. The molecule has 1 heterocycles. The van der Waals surface area contributed by atoms with Gasteiger partial charge in [-0.25, -0.2) is 0 Å². The van der Waals surface area contributed by atoms with Gasteiger partial charge in [0.05, 0.1) is 4.70 Å². The molecular weight excluding hydrogens is 460 g/mol. The highest BCUT2D eigenvalue weighted by Gasteiger charge is 2.21. The molecule has 4 N–H and O–H groups in total. The normalized spacial score (nSPS) is 12.1. The van der Waals surface area contributed by atoms with E-state index in [1.807, 2.05) is 24.3 Å². The zero-order valence-corrected chi connectivity index (χ0v) is 22.0. The standard InChI is InChI=1S/C27H38N4O3S/c1-19(2)31(16-13-23(33)30-27(3,4)18-20-8-6-5-7-9-20)17-15-28-14-12-21-10-11-22(32)24-25(21)35-26(34)29-24/h5-11,19,28,32H,12-18H2,1-4H3,(H,29,34)(H,30,33). The molecule has 2 aromatic carbocycles. The number of rotatable bonds is 13. The summed E-state index contributed by atoms with van der Waals surface area (Å²) in [6.07, 6.45) is 2.03. The number of amides is 1. The van der Waals surface area contributed by atoms with Crippen LogP contribution in [0.5, 0.6) is 5.75 Å². The second kappa shape index (κ2) is 12.3. The van der Waals surface area contributed by atoms with Crippen LogP contribution in [0.3, 0.4) is 0 Å². The lowest BCUT2D eigenvalue weighted by atomic mass is 9.95. The molecule has 8 heteroatoms. The fraction of sp³-hybridized carbons (Fsp3) is 0.481. The van der Waals surface area contributed by atoms with Crippen LogP contribution >= 0.6 is 11.3 Å². The number of fused-ring (bicyclic) bond motifs is 1. The van der Waals surface area contributed by atoms with Crippen molar-refractivity contribution in [1.29, 1.82) is 0 Å². The Bertz CT molecular complexity index is 1150. The number of H-pyrrole nitrogens is 1. The van der Waals surface area contributed by atoms with E-state index in [2.05, 4.69) is 60.3 Å². The molecule has 0 aliphatic rings. The topological polar surface area (TPSA) is 97.5 Å². The zero-order valence-electron chi connectivity index (χ0n) is 21.2. The van der Waals surface area contributed by atoms with Crippen molar-refractivity contribution in [3.05, 3.63) is 63.3 Å². The van der Waals surface area contributed by atoms with E-state index in [1.54, 1.807) is 6.07 Å². The lowest BCUT2D eigenvalue weighted by Crippen LogP contribution is -2.46. The van der Waals surface area contributed by atoms with Crippen LogP contribution in [0.4, 0.5) is 0 Å². The van der Waals surface area contributed by atoms with Gasteiger partial charge in [-0.15, -0.1) is 0 Å². The summed E-state index contributed by atoms with van der Waals surface area (Å²) in [6, 6.07) is 14.1. The summed E-state index contributed by atoms with van der Waals surface area (Å²) in [5.41, 5.74) is 2.49. The van der Waals surface area contributed by atoms with Gasteiger partial charge in [-0.3, -0.25) is 14.5 Å².